The molecule has 4 N–H and O–H groups in total. The molecule has 1 rings (SSSR count). The molecule has 0 fully saturated rings. The van der Waals surface area contributed by atoms with Gasteiger partial charge in [0.15, 0.2) is 18.1 Å². The topological polar surface area (TPSA) is 111 Å². The summed E-state index contributed by atoms with van der Waals surface area (Å²) in [6.45, 7) is 1.70. The predicted molar refractivity (Wildman–Crippen MR) is 71.6 cm³/mol. The van der Waals surface area contributed by atoms with E-state index >= 15 is 0 Å². The molecule has 1 aromatic carbocycles. The molecule has 0 aliphatic rings. The van der Waals surface area contributed by atoms with Gasteiger partial charge in [-0.1, -0.05) is 6.07 Å². The average molecular weight is 282 g/mol. The third-order valence-corrected chi connectivity index (χ3v) is 2.58. The highest BCUT2D eigenvalue weighted by atomic mass is 16.5. The van der Waals surface area contributed by atoms with Gasteiger partial charge in [-0.25, -0.2) is 0 Å². The van der Waals surface area contributed by atoms with Crippen LogP contribution in [0.25, 0.3) is 0 Å². The van der Waals surface area contributed by atoms with Crippen molar-refractivity contribution in [2.75, 3.05) is 13.7 Å². The Bertz CT molecular complexity index is 490. The van der Waals surface area contributed by atoms with Crippen LogP contribution in [0, 0.1) is 0 Å². The second kappa shape index (κ2) is 7.34. The molecule has 0 aliphatic heterocycles. The molecule has 0 radical (unpaired) electrons. The number of ether oxygens (including phenoxy) is 2. The molecular formula is C13H18N2O5. The SMILES string of the molecule is COc1cc(CN[C@H](C)C(=O)O)ccc1OCC(N)=O. The maximum atomic E-state index is 10.7. The molecule has 0 bridgehead atoms. The number of carboxylic acids is 1. The first-order valence-electron chi connectivity index (χ1n) is 5.98. The molecule has 0 spiro atoms. The van der Waals surface area contributed by atoms with Gasteiger partial charge in [-0.3, -0.25) is 9.59 Å². The van der Waals surface area contributed by atoms with Gasteiger partial charge in [-0.2, -0.15) is 0 Å². The lowest BCUT2D eigenvalue weighted by Crippen LogP contribution is -2.33. The van der Waals surface area contributed by atoms with Crippen LogP contribution in [0.5, 0.6) is 11.5 Å². The fourth-order valence-electron chi connectivity index (χ4n) is 1.45. The summed E-state index contributed by atoms with van der Waals surface area (Å²) >= 11 is 0. The van der Waals surface area contributed by atoms with Crippen LogP contribution >= 0.6 is 0 Å². The Balaban J connectivity index is 2.71. The molecule has 0 heterocycles. The number of carbonyl (C=O) groups excluding carboxylic acids is 1. The van der Waals surface area contributed by atoms with E-state index in [0.29, 0.717) is 18.0 Å². The number of hydrogen-bond acceptors (Lipinski definition) is 5. The van der Waals surface area contributed by atoms with Crippen molar-refractivity contribution in [2.45, 2.75) is 19.5 Å². The molecule has 0 aromatic heterocycles. The van der Waals surface area contributed by atoms with Crippen LogP contribution in [0.15, 0.2) is 18.2 Å². The number of amides is 1. The number of benzene rings is 1. The van der Waals surface area contributed by atoms with Crippen molar-refractivity contribution in [3.63, 3.8) is 0 Å². The molecule has 0 unspecified atom stereocenters. The Morgan fingerprint density at radius 3 is 2.65 bits per heavy atom. The summed E-state index contributed by atoms with van der Waals surface area (Å²) in [4.78, 5) is 21.4. The highest BCUT2D eigenvalue weighted by molar-refractivity contribution is 5.75. The number of nitrogens with two attached hydrogens (primary N) is 1. The van der Waals surface area contributed by atoms with Crippen LogP contribution in [0.2, 0.25) is 0 Å². The first kappa shape index (κ1) is 15.8. The van der Waals surface area contributed by atoms with Crippen LogP contribution < -0.4 is 20.5 Å². The molecule has 1 aromatic rings. The molecule has 0 saturated heterocycles. The lowest BCUT2D eigenvalue weighted by molar-refractivity contribution is -0.139. The van der Waals surface area contributed by atoms with Crippen LogP contribution in [-0.2, 0) is 16.1 Å². The van der Waals surface area contributed by atoms with Crippen molar-refractivity contribution in [2.24, 2.45) is 5.73 Å². The van der Waals surface area contributed by atoms with E-state index in [9.17, 15) is 9.59 Å². The number of primary amides is 1. The summed E-state index contributed by atoms with van der Waals surface area (Å²) in [6, 6.07) is 4.45. The number of hydrogen-bond donors (Lipinski definition) is 3. The number of methoxy groups -OCH3 is 1. The third-order valence-electron chi connectivity index (χ3n) is 2.58. The van der Waals surface area contributed by atoms with Gasteiger partial charge < -0.3 is 25.6 Å². The monoisotopic (exact) mass is 282 g/mol. The second-order valence-electron chi connectivity index (χ2n) is 4.18. The lowest BCUT2D eigenvalue weighted by atomic mass is 10.2. The number of carbonyl (C=O) groups is 2. The highest BCUT2D eigenvalue weighted by Gasteiger charge is 2.11. The summed E-state index contributed by atoms with van der Waals surface area (Å²) < 4.78 is 10.3. The van der Waals surface area contributed by atoms with Gasteiger partial charge in [0.05, 0.1) is 7.11 Å². The van der Waals surface area contributed by atoms with Crippen LogP contribution in [0.3, 0.4) is 0 Å². The maximum Gasteiger partial charge on any atom is 0.320 e. The van der Waals surface area contributed by atoms with E-state index in [2.05, 4.69) is 5.32 Å². The zero-order chi connectivity index (χ0) is 15.1. The standard InChI is InChI=1S/C13H18N2O5/c1-8(13(17)18)15-6-9-3-4-10(11(5-9)19-2)20-7-12(14)16/h3-5,8,15H,6-7H2,1-2H3,(H2,14,16)(H,17,18)/t8-/m1/s1. The molecule has 7 heteroatoms. The van der Waals surface area contributed by atoms with Gasteiger partial charge in [-0.15, -0.1) is 0 Å². The smallest absolute Gasteiger partial charge is 0.320 e. The van der Waals surface area contributed by atoms with Crippen LogP contribution in [-0.4, -0.2) is 36.7 Å². The molecule has 0 saturated carbocycles. The molecular weight excluding hydrogens is 264 g/mol. The zero-order valence-electron chi connectivity index (χ0n) is 11.4. The van der Waals surface area contributed by atoms with Crippen LogP contribution in [0.4, 0.5) is 0 Å². The minimum Gasteiger partial charge on any atom is -0.493 e. The van der Waals surface area contributed by atoms with E-state index in [1.54, 1.807) is 25.1 Å². The number of aliphatic carboxylic acids is 1. The van der Waals surface area contributed by atoms with Gasteiger partial charge in [-0.05, 0) is 24.6 Å². The van der Waals surface area contributed by atoms with E-state index in [4.69, 9.17) is 20.3 Å². The van der Waals surface area contributed by atoms with Crippen molar-refractivity contribution >= 4 is 11.9 Å². The van der Waals surface area contributed by atoms with E-state index < -0.39 is 17.9 Å². The fraction of sp³-hybridized carbons (Fsp3) is 0.385. The van der Waals surface area contributed by atoms with Gasteiger partial charge in [0.1, 0.15) is 6.04 Å². The predicted octanol–water partition coefficient (Wildman–Crippen LogP) is 0.122. The Morgan fingerprint density at radius 2 is 2.10 bits per heavy atom. The summed E-state index contributed by atoms with van der Waals surface area (Å²) in [5, 5.41) is 11.6. The van der Waals surface area contributed by atoms with Crippen molar-refractivity contribution in [3.05, 3.63) is 23.8 Å². The summed E-state index contributed by atoms with van der Waals surface area (Å²) in [5.74, 6) is -0.638. The minimum absolute atomic E-state index is 0.232. The number of nitrogens with one attached hydrogen (secondary N) is 1. The van der Waals surface area contributed by atoms with Crippen molar-refractivity contribution in [3.8, 4) is 11.5 Å². The van der Waals surface area contributed by atoms with E-state index in [1.807, 2.05) is 0 Å². The van der Waals surface area contributed by atoms with Gasteiger partial charge in [0.25, 0.3) is 5.91 Å². The van der Waals surface area contributed by atoms with Gasteiger partial charge in [0, 0.05) is 6.54 Å². The molecule has 20 heavy (non-hydrogen) atoms. The third kappa shape index (κ3) is 4.77. The Morgan fingerprint density at radius 1 is 1.40 bits per heavy atom. The molecule has 1 amide bonds. The summed E-state index contributed by atoms with van der Waals surface area (Å²) in [7, 11) is 1.48. The van der Waals surface area contributed by atoms with E-state index in [1.165, 1.54) is 7.11 Å². The fourth-order valence-corrected chi connectivity index (χ4v) is 1.45. The second-order valence-corrected chi connectivity index (χ2v) is 4.18. The Hall–Kier alpha value is -2.28. The lowest BCUT2D eigenvalue weighted by Gasteiger charge is -2.13. The quantitative estimate of drug-likeness (QED) is 0.624. The number of carboxylic acid groups (broad SMARTS) is 1. The van der Waals surface area contributed by atoms with E-state index in [-0.39, 0.29) is 6.61 Å². The molecule has 0 aliphatic carbocycles. The molecule has 7 nitrogen and oxygen atoms in total. The molecule has 1 atom stereocenters. The number of rotatable bonds is 8. The minimum atomic E-state index is -0.918. The van der Waals surface area contributed by atoms with Crippen molar-refractivity contribution in [1.29, 1.82) is 0 Å². The largest absolute Gasteiger partial charge is 0.493 e. The normalized spacial score (nSPS) is 11.7. The highest BCUT2D eigenvalue weighted by Crippen LogP contribution is 2.27. The Kier molecular flexibility index (Phi) is 5.79. The zero-order valence-corrected chi connectivity index (χ0v) is 11.4. The average Bonchev–Trinajstić information content (AvgIpc) is 2.42. The van der Waals surface area contributed by atoms with Gasteiger partial charge in [0.2, 0.25) is 0 Å². The van der Waals surface area contributed by atoms with Crippen LogP contribution in [0.1, 0.15) is 12.5 Å². The first-order chi connectivity index (χ1) is 9.43. The van der Waals surface area contributed by atoms with Gasteiger partial charge >= 0.3 is 5.97 Å². The molecule has 110 valence electrons. The summed E-state index contributed by atoms with van der Waals surface area (Å²) in [6.07, 6.45) is 0. The Labute approximate surface area is 116 Å². The van der Waals surface area contributed by atoms with Crippen molar-refractivity contribution < 1.29 is 24.2 Å². The van der Waals surface area contributed by atoms with Crippen molar-refractivity contribution in [1.82, 2.24) is 5.32 Å². The maximum absolute atomic E-state index is 10.7. The first-order valence-corrected chi connectivity index (χ1v) is 5.98. The summed E-state index contributed by atoms with van der Waals surface area (Å²) in [5.41, 5.74) is 5.84. The van der Waals surface area contributed by atoms with E-state index in [0.717, 1.165) is 5.56 Å².